The predicted molar refractivity (Wildman–Crippen MR) is 83.6 cm³/mol. The van der Waals surface area contributed by atoms with Crippen LogP contribution in [0.3, 0.4) is 0 Å². The number of nitrogens with zero attached hydrogens (tertiary/aromatic N) is 3. The van der Waals surface area contributed by atoms with Crippen LogP contribution < -0.4 is 11.3 Å². The van der Waals surface area contributed by atoms with E-state index >= 15 is 0 Å². The summed E-state index contributed by atoms with van der Waals surface area (Å²) in [4.78, 5) is 0. The van der Waals surface area contributed by atoms with E-state index in [2.05, 4.69) is 45.3 Å². The zero-order chi connectivity index (χ0) is 13.8. The molecule has 2 rings (SSSR count). The van der Waals surface area contributed by atoms with Crippen molar-refractivity contribution in [2.24, 2.45) is 5.84 Å². The number of hydrogen-bond acceptors (Lipinski definition) is 4. The Labute approximate surface area is 130 Å². The lowest BCUT2D eigenvalue weighted by atomic mass is 10.0. The molecule has 19 heavy (non-hydrogen) atoms. The van der Waals surface area contributed by atoms with Gasteiger partial charge in [-0.2, -0.15) is 0 Å². The van der Waals surface area contributed by atoms with Crippen LogP contribution in [-0.2, 0) is 6.54 Å². The minimum Gasteiger partial charge on any atom is -0.271 e. The Morgan fingerprint density at radius 3 is 3.00 bits per heavy atom. The van der Waals surface area contributed by atoms with Crippen molar-refractivity contribution in [3.63, 3.8) is 0 Å². The Balaban J connectivity index is 2.44. The van der Waals surface area contributed by atoms with Crippen LogP contribution >= 0.6 is 34.2 Å². The highest BCUT2D eigenvalue weighted by Crippen LogP contribution is 2.27. The molecule has 0 aliphatic rings. The summed E-state index contributed by atoms with van der Waals surface area (Å²) in [6.45, 7) is 2.91. The molecule has 1 unspecified atom stereocenters. The molecule has 1 heterocycles. The minimum atomic E-state index is -0.174. The van der Waals surface area contributed by atoms with Crippen LogP contribution in [0.15, 0.2) is 24.4 Å². The maximum atomic E-state index is 6.07. The average Bonchev–Trinajstić information content (AvgIpc) is 2.83. The van der Waals surface area contributed by atoms with Gasteiger partial charge in [-0.3, -0.25) is 5.84 Å². The van der Waals surface area contributed by atoms with Crippen LogP contribution in [0.25, 0.3) is 0 Å². The molecule has 0 radical (unpaired) electrons. The summed E-state index contributed by atoms with van der Waals surface area (Å²) in [5.74, 6) is 5.71. The molecular weight excluding hydrogens is 377 g/mol. The quantitative estimate of drug-likeness (QED) is 0.467. The number of nitrogens with one attached hydrogen (secondary N) is 1. The summed E-state index contributed by atoms with van der Waals surface area (Å²) < 4.78 is 2.95. The van der Waals surface area contributed by atoms with Gasteiger partial charge in [-0.25, -0.2) is 10.1 Å². The van der Waals surface area contributed by atoms with Crippen LogP contribution in [0.4, 0.5) is 0 Å². The second-order valence-corrected chi connectivity index (χ2v) is 5.75. The zero-order valence-corrected chi connectivity index (χ0v) is 13.4. The van der Waals surface area contributed by atoms with Crippen LogP contribution in [0.2, 0.25) is 5.02 Å². The van der Waals surface area contributed by atoms with E-state index in [-0.39, 0.29) is 6.04 Å². The molecule has 0 spiro atoms. The molecule has 0 amide bonds. The average molecular weight is 392 g/mol. The third-order valence-corrected chi connectivity index (χ3v) is 4.03. The molecule has 0 aliphatic carbocycles. The van der Waals surface area contributed by atoms with E-state index in [9.17, 15) is 0 Å². The highest BCUT2D eigenvalue weighted by molar-refractivity contribution is 14.1. The van der Waals surface area contributed by atoms with Crippen LogP contribution in [-0.4, -0.2) is 15.0 Å². The molecule has 1 aromatic carbocycles. The lowest BCUT2D eigenvalue weighted by Crippen LogP contribution is -2.31. The van der Waals surface area contributed by atoms with Gasteiger partial charge < -0.3 is 0 Å². The summed E-state index contributed by atoms with van der Waals surface area (Å²) in [6.07, 6.45) is 2.72. The highest BCUT2D eigenvalue weighted by atomic mass is 127. The van der Waals surface area contributed by atoms with Crippen molar-refractivity contribution in [2.45, 2.75) is 25.9 Å². The molecule has 2 aromatic rings. The predicted octanol–water partition coefficient (Wildman–Crippen LogP) is 2.50. The van der Waals surface area contributed by atoms with Crippen molar-refractivity contribution in [2.75, 3.05) is 0 Å². The van der Waals surface area contributed by atoms with E-state index in [0.717, 1.165) is 27.8 Å². The molecule has 102 valence electrons. The van der Waals surface area contributed by atoms with Crippen molar-refractivity contribution in [1.29, 1.82) is 0 Å². The molecule has 7 heteroatoms. The van der Waals surface area contributed by atoms with Crippen LogP contribution in [0, 0.1) is 3.57 Å². The second kappa shape index (κ2) is 6.65. The molecule has 0 saturated heterocycles. The number of halogens is 2. The number of rotatable bonds is 5. The fourth-order valence-electron chi connectivity index (χ4n) is 1.95. The van der Waals surface area contributed by atoms with E-state index in [4.69, 9.17) is 17.4 Å². The normalized spacial score (nSPS) is 12.6. The van der Waals surface area contributed by atoms with E-state index in [1.165, 1.54) is 0 Å². The Kier molecular flexibility index (Phi) is 5.14. The first-order valence-electron chi connectivity index (χ1n) is 5.96. The van der Waals surface area contributed by atoms with Gasteiger partial charge in [0.05, 0.1) is 17.9 Å². The van der Waals surface area contributed by atoms with E-state index in [1.807, 2.05) is 22.9 Å². The van der Waals surface area contributed by atoms with Crippen LogP contribution in [0.5, 0.6) is 0 Å². The molecule has 1 aromatic heterocycles. The van der Waals surface area contributed by atoms with E-state index in [0.29, 0.717) is 5.02 Å². The number of hydrazine groups is 1. The summed E-state index contributed by atoms with van der Waals surface area (Å²) >= 11 is 8.34. The Hall–Kier alpha value is -0.700. The highest BCUT2D eigenvalue weighted by Gasteiger charge is 2.20. The number of nitrogens with two attached hydrogens (primary N) is 1. The van der Waals surface area contributed by atoms with Crippen molar-refractivity contribution in [1.82, 2.24) is 20.4 Å². The number of hydrogen-bond donors (Lipinski definition) is 2. The van der Waals surface area contributed by atoms with Crippen molar-refractivity contribution in [3.8, 4) is 0 Å². The first kappa shape index (κ1) is 14.7. The molecule has 0 saturated carbocycles. The second-order valence-electron chi connectivity index (χ2n) is 4.15. The molecule has 1 atom stereocenters. The Bertz CT molecular complexity index is 557. The first-order valence-corrected chi connectivity index (χ1v) is 7.42. The molecule has 0 aliphatic heterocycles. The SMILES string of the molecule is CCCn1nncc1C(NN)c1cc(Cl)ccc1I. The first-order chi connectivity index (χ1) is 9.17. The molecular formula is C12H15ClIN5. The Morgan fingerprint density at radius 1 is 1.53 bits per heavy atom. The third kappa shape index (κ3) is 3.25. The van der Waals surface area contributed by atoms with Gasteiger partial charge in [0.1, 0.15) is 0 Å². The lowest BCUT2D eigenvalue weighted by Gasteiger charge is -2.18. The topological polar surface area (TPSA) is 68.8 Å². The van der Waals surface area contributed by atoms with Gasteiger partial charge in [0.25, 0.3) is 0 Å². The number of benzene rings is 1. The summed E-state index contributed by atoms with van der Waals surface area (Å²) in [5.41, 5.74) is 4.78. The summed E-state index contributed by atoms with van der Waals surface area (Å²) in [5, 5.41) is 8.74. The smallest absolute Gasteiger partial charge is 0.0905 e. The zero-order valence-electron chi connectivity index (χ0n) is 10.5. The van der Waals surface area contributed by atoms with Crippen LogP contribution in [0.1, 0.15) is 30.6 Å². The molecule has 0 fully saturated rings. The number of aromatic nitrogens is 3. The van der Waals surface area contributed by atoms with Gasteiger partial charge in [0.2, 0.25) is 0 Å². The lowest BCUT2D eigenvalue weighted by molar-refractivity contribution is 0.511. The fraction of sp³-hybridized carbons (Fsp3) is 0.333. The van der Waals surface area contributed by atoms with Gasteiger partial charge in [-0.1, -0.05) is 23.7 Å². The largest absolute Gasteiger partial charge is 0.271 e. The van der Waals surface area contributed by atoms with Gasteiger partial charge in [0.15, 0.2) is 0 Å². The van der Waals surface area contributed by atoms with Gasteiger partial charge >= 0.3 is 0 Å². The molecule has 5 nitrogen and oxygen atoms in total. The van der Waals surface area contributed by atoms with Crippen molar-refractivity contribution >= 4 is 34.2 Å². The molecule has 3 N–H and O–H groups in total. The third-order valence-electron chi connectivity index (χ3n) is 2.81. The van der Waals surface area contributed by atoms with E-state index in [1.54, 1.807) is 6.20 Å². The fourth-order valence-corrected chi connectivity index (χ4v) is 2.77. The van der Waals surface area contributed by atoms with E-state index < -0.39 is 0 Å². The van der Waals surface area contributed by atoms with Gasteiger partial charge in [0, 0.05) is 15.1 Å². The van der Waals surface area contributed by atoms with Gasteiger partial charge in [-0.05, 0) is 52.8 Å². The van der Waals surface area contributed by atoms with Crippen molar-refractivity contribution < 1.29 is 0 Å². The molecule has 0 bridgehead atoms. The van der Waals surface area contributed by atoms with Crippen molar-refractivity contribution in [3.05, 3.63) is 44.2 Å². The maximum Gasteiger partial charge on any atom is 0.0905 e. The van der Waals surface area contributed by atoms with Gasteiger partial charge in [-0.15, -0.1) is 5.10 Å². The number of aryl methyl sites for hydroxylation is 1. The summed E-state index contributed by atoms with van der Waals surface area (Å²) in [7, 11) is 0. The minimum absolute atomic E-state index is 0.174. The monoisotopic (exact) mass is 391 g/mol. The Morgan fingerprint density at radius 2 is 2.32 bits per heavy atom. The summed E-state index contributed by atoms with van der Waals surface area (Å²) in [6, 6.07) is 5.57. The standard InChI is InChI=1S/C12H15ClIN5/c1-2-5-19-11(7-16-18-19)12(17-15)9-6-8(13)3-4-10(9)14/h3-4,6-7,12,17H,2,5,15H2,1H3. The maximum absolute atomic E-state index is 6.07.